The average molecular weight is 225 g/mol. The van der Waals surface area contributed by atoms with Gasteiger partial charge in [-0.25, -0.2) is 9.97 Å². The third-order valence-electron chi connectivity index (χ3n) is 3.20. The second-order valence-electron chi connectivity index (χ2n) is 4.31. The highest BCUT2D eigenvalue weighted by atomic mass is 15.2. The number of aromatic nitrogens is 2. The standard InChI is InChI=1S/C14H15N3/c1-2-6-12(7-3-1)13(17-10-5-11-17)14-15-8-4-9-16-14/h1-4,6-9,13H,5,10-11H2. The molecule has 1 saturated heterocycles. The van der Waals surface area contributed by atoms with E-state index >= 15 is 0 Å². The second kappa shape index (κ2) is 4.63. The number of nitrogens with zero attached hydrogens (tertiary/aromatic N) is 3. The highest BCUT2D eigenvalue weighted by Crippen LogP contribution is 2.29. The van der Waals surface area contributed by atoms with Crippen molar-refractivity contribution >= 4 is 0 Å². The summed E-state index contributed by atoms with van der Waals surface area (Å²) in [6.07, 6.45) is 4.91. The Kier molecular flexibility index (Phi) is 2.84. The average Bonchev–Trinajstić information content (AvgIpc) is 2.36. The van der Waals surface area contributed by atoms with Crippen LogP contribution in [-0.2, 0) is 0 Å². The summed E-state index contributed by atoms with van der Waals surface area (Å²) < 4.78 is 0. The van der Waals surface area contributed by atoms with Crippen LogP contribution in [0.5, 0.6) is 0 Å². The van der Waals surface area contributed by atoms with Gasteiger partial charge in [-0.15, -0.1) is 0 Å². The van der Waals surface area contributed by atoms with Crippen LogP contribution < -0.4 is 0 Å². The minimum Gasteiger partial charge on any atom is -0.290 e. The van der Waals surface area contributed by atoms with Crippen molar-refractivity contribution in [1.29, 1.82) is 0 Å². The summed E-state index contributed by atoms with van der Waals surface area (Å²) in [5.74, 6) is 0.901. The summed E-state index contributed by atoms with van der Waals surface area (Å²) in [4.78, 5) is 11.2. The second-order valence-corrected chi connectivity index (χ2v) is 4.31. The van der Waals surface area contributed by atoms with Crippen molar-refractivity contribution in [3.8, 4) is 0 Å². The molecule has 0 saturated carbocycles. The van der Waals surface area contributed by atoms with E-state index in [0.29, 0.717) is 0 Å². The van der Waals surface area contributed by atoms with Crippen LogP contribution in [0.1, 0.15) is 23.9 Å². The smallest absolute Gasteiger partial charge is 0.149 e. The predicted molar refractivity (Wildman–Crippen MR) is 66.5 cm³/mol. The van der Waals surface area contributed by atoms with E-state index in [1.807, 2.05) is 24.5 Å². The number of benzene rings is 1. The minimum absolute atomic E-state index is 0.214. The van der Waals surface area contributed by atoms with Crippen LogP contribution in [0.25, 0.3) is 0 Å². The van der Waals surface area contributed by atoms with Gasteiger partial charge in [-0.05, 0) is 18.1 Å². The Balaban J connectivity index is 1.98. The largest absolute Gasteiger partial charge is 0.290 e. The lowest BCUT2D eigenvalue weighted by atomic mass is 10.0. The molecule has 0 amide bonds. The summed E-state index contributed by atoms with van der Waals surface area (Å²) >= 11 is 0. The Morgan fingerprint density at radius 2 is 1.65 bits per heavy atom. The molecular weight excluding hydrogens is 210 g/mol. The van der Waals surface area contributed by atoms with E-state index in [1.54, 1.807) is 0 Å². The maximum atomic E-state index is 4.41. The minimum atomic E-state index is 0.214. The van der Waals surface area contributed by atoms with E-state index in [1.165, 1.54) is 12.0 Å². The van der Waals surface area contributed by atoms with Crippen LogP contribution in [0.4, 0.5) is 0 Å². The van der Waals surface area contributed by atoms with Gasteiger partial charge in [-0.2, -0.15) is 0 Å². The van der Waals surface area contributed by atoms with Crippen molar-refractivity contribution in [2.24, 2.45) is 0 Å². The normalized spacial score (nSPS) is 17.4. The van der Waals surface area contributed by atoms with Gasteiger partial charge in [0.15, 0.2) is 0 Å². The Morgan fingerprint density at radius 3 is 2.24 bits per heavy atom. The van der Waals surface area contributed by atoms with Crippen LogP contribution in [0, 0.1) is 0 Å². The quantitative estimate of drug-likeness (QED) is 0.802. The molecule has 0 aliphatic carbocycles. The molecule has 1 aromatic carbocycles. The van der Waals surface area contributed by atoms with Crippen LogP contribution >= 0.6 is 0 Å². The zero-order valence-corrected chi connectivity index (χ0v) is 9.66. The molecule has 17 heavy (non-hydrogen) atoms. The van der Waals surface area contributed by atoms with Crippen LogP contribution in [0.15, 0.2) is 48.8 Å². The number of hydrogen-bond donors (Lipinski definition) is 0. The Bertz CT molecular complexity index is 426. The van der Waals surface area contributed by atoms with Crippen LogP contribution in [-0.4, -0.2) is 28.0 Å². The van der Waals surface area contributed by atoms with Gasteiger partial charge in [-0.3, -0.25) is 4.90 Å². The fourth-order valence-electron chi connectivity index (χ4n) is 2.21. The fourth-order valence-corrected chi connectivity index (χ4v) is 2.21. The molecule has 1 unspecified atom stereocenters. The third kappa shape index (κ3) is 2.06. The zero-order valence-electron chi connectivity index (χ0n) is 9.66. The summed E-state index contributed by atoms with van der Waals surface area (Å²) in [5, 5.41) is 0. The lowest BCUT2D eigenvalue weighted by Crippen LogP contribution is -2.41. The molecule has 3 heteroatoms. The Labute approximate surface area is 101 Å². The van der Waals surface area contributed by atoms with E-state index < -0.39 is 0 Å². The molecule has 3 rings (SSSR count). The van der Waals surface area contributed by atoms with Gasteiger partial charge in [0, 0.05) is 25.5 Å². The number of likely N-dealkylation sites (tertiary alicyclic amines) is 1. The van der Waals surface area contributed by atoms with Crippen molar-refractivity contribution in [3.05, 3.63) is 60.2 Å². The maximum absolute atomic E-state index is 4.41. The molecule has 2 aromatic rings. The first-order valence-corrected chi connectivity index (χ1v) is 6.01. The highest BCUT2D eigenvalue weighted by Gasteiger charge is 2.28. The molecule has 0 bridgehead atoms. The van der Waals surface area contributed by atoms with Crippen molar-refractivity contribution in [2.75, 3.05) is 13.1 Å². The van der Waals surface area contributed by atoms with Crippen molar-refractivity contribution < 1.29 is 0 Å². The van der Waals surface area contributed by atoms with Crippen LogP contribution in [0.2, 0.25) is 0 Å². The molecule has 1 atom stereocenters. The molecule has 0 spiro atoms. The third-order valence-corrected chi connectivity index (χ3v) is 3.20. The molecule has 1 aromatic heterocycles. The first kappa shape index (κ1) is 10.4. The summed E-state index contributed by atoms with van der Waals surface area (Å²) in [5.41, 5.74) is 1.28. The molecule has 1 fully saturated rings. The molecule has 2 heterocycles. The maximum Gasteiger partial charge on any atom is 0.149 e. The Hall–Kier alpha value is -1.74. The first-order valence-electron chi connectivity index (χ1n) is 6.01. The van der Waals surface area contributed by atoms with E-state index in [9.17, 15) is 0 Å². The van der Waals surface area contributed by atoms with Gasteiger partial charge in [-0.1, -0.05) is 30.3 Å². The van der Waals surface area contributed by atoms with Gasteiger partial charge in [0.05, 0.1) is 6.04 Å². The highest BCUT2D eigenvalue weighted by molar-refractivity contribution is 5.25. The molecule has 1 aliphatic heterocycles. The molecule has 3 nitrogen and oxygen atoms in total. The number of hydrogen-bond acceptors (Lipinski definition) is 3. The monoisotopic (exact) mass is 225 g/mol. The predicted octanol–water partition coefficient (Wildman–Crippen LogP) is 2.27. The van der Waals surface area contributed by atoms with E-state index in [2.05, 4.69) is 39.1 Å². The van der Waals surface area contributed by atoms with Crippen LogP contribution in [0.3, 0.4) is 0 Å². The van der Waals surface area contributed by atoms with E-state index in [4.69, 9.17) is 0 Å². The van der Waals surface area contributed by atoms with E-state index in [-0.39, 0.29) is 6.04 Å². The van der Waals surface area contributed by atoms with Gasteiger partial charge in [0.25, 0.3) is 0 Å². The molecule has 1 aliphatic rings. The molecule has 0 N–H and O–H groups in total. The number of rotatable bonds is 3. The molecule has 86 valence electrons. The summed E-state index contributed by atoms with van der Waals surface area (Å²) in [7, 11) is 0. The van der Waals surface area contributed by atoms with Crippen molar-refractivity contribution in [2.45, 2.75) is 12.5 Å². The topological polar surface area (TPSA) is 29.0 Å². The van der Waals surface area contributed by atoms with Gasteiger partial charge in [0.2, 0.25) is 0 Å². The zero-order chi connectivity index (χ0) is 11.5. The molecule has 0 radical (unpaired) electrons. The summed E-state index contributed by atoms with van der Waals surface area (Å²) in [6.45, 7) is 2.27. The Morgan fingerprint density at radius 1 is 0.941 bits per heavy atom. The van der Waals surface area contributed by atoms with Crippen molar-refractivity contribution in [3.63, 3.8) is 0 Å². The SMILES string of the molecule is c1ccc(C(c2ncccn2)N2CCC2)cc1. The lowest BCUT2D eigenvalue weighted by Gasteiger charge is -2.37. The van der Waals surface area contributed by atoms with Gasteiger partial charge < -0.3 is 0 Å². The van der Waals surface area contributed by atoms with Crippen molar-refractivity contribution in [1.82, 2.24) is 14.9 Å². The van der Waals surface area contributed by atoms with Gasteiger partial charge in [0.1, 0.15) is 5.82 Å². The fraction of sp³-hybridized carbons (Fsp3) is 0.286. The van der Waals surface area contributed by atoms with Gasteiger partial charge >= 0.3 is 0 Å². The lowest BCUT2D eigenvalue weighted by molar-refractivity contribution is 0.135. The first-order chi connectivity index (χ1) is 8.45. The molecular formula is C14H15N3. The van der Waals surface area contributed by atoms with E-state index in [0.717, 1.165) is 18.9 Å². The summed E-state index contributed by atoms with van der Waals surface area (Å²) in [6, 6.07) is 12.6.